The summed E-state index contributed by atoms with van der Waals surface area (Å²) >= 11 is 0. The molecule has 1 atom stereocenters. The number of aromatic amines is 1. The number of methoxy groups -OCH3 is 1. The fourth-order valence-electron chi connectivity index (χ4n) is 3.04. The van der Waals surface area contributed by atoms with Gasteiger partial charge in [0.05, 0.1) is 30.2 Å². The second-order valence-electron chi connectivity index (χ2n) is 6.77. The topological polar surface area (TPSA) is 67.8 Å². The summed E-state index contributed by atoms with van der Waals surface area (Å²) in [5.41, 5.74) is 3.33. The van der Waals surface area contributed by atoms with E-state index < -0.39 is 0 Å². The van der Waals surface area contributed by atoms with Crippen molar-refractivity contribution in [3.63, 3.8) is 0 Å². The molecule has 3 aromatic rings. The van der Waals surface area contributed by atoms with Gasteiger partial charge in [0, 0.05) is 26.0 Å². The summed E-state index contributed by atoms with van der Waals surface area (Å²) in [6.07, 6.45) is 3.82. The highest BCUT2D eigenvalue weighted by Gasteiger charge is 2.20. The maximum Gasteiger partial charge on any atom is 0.124 e. The average Bonchev–Trinajstić information content (AvgIpc) is 3.19. The molecule has 25 heavy (non-hydrogen) atoms. The molecule has 0 saturated heterocycles. The molecule has 3 rings (SSSR count). The monoisotopic (exact) mass is 341 g/mol. The second kappa shape index (κ2) is 7.80. The molecule has 1 unspecified atom stereocenters. The van der Waals surface area contributed by atoms with Crippen LogP contribution in [0.1, 0.15) is 37.1 Å². The van der Waals surface area contributed by atoms with Crippen LogP contribution in [-0.4, -0.2) is 33.2 Å². The van der Waals surface area contributed by atoms with Crippen LogP contribution >= 0.6 is 0 Å². The van der Waals surface area contributed by atoms with Crippen LogP contribution in [0.2, 0.25) is 0 Å². The van der Waals surface area contributed by atoms with Gasteiger partial charge in [0.15, 0.2) is 0 Å². The minimum atomic E-state index is 0.139. The first kappa shape index (κ1) is 17.6. The fourth-order valence-corrected chi connectivity index (χ4v) is 3.04. The largest absolute Gasteiger partial charge is 0.383 e. The highest BCUT2D eigenvalue weighted by molar-refractivity contribution is 5.75. The van der Waals surface area contributed by atoms with Gasteiger partial charge in [0.25, 0.3) is 0 Å². The molecule has 6 nitrogen and oxygen atoms in total. The van der Waals surface area contributed by atoms with Gasteiger partial charge < -0.3 is 19.6 Å². The molecule has 6 heteroatoms. The molecule has 1 aromatic carbocycles. The Hall–Kier alpha value is -2.18. The van der Waals surface area contributed by atoms with E-state index in [1.807, 2.05) is 12.4 Å². The molecule has 0 fully saturated rings. The third-order valence-electron chi connectivity index (χ3n) is 4.44. The Morgan fingerprint density at radius 1 is 1.32 bits per heavy atom. The first-order valence-corrected chi connectivity index (χ1v) is 8.77. The zero-order valence-corrected chi connectivity index (χ0v) is 15.4. The van der Waals surface area contributed by atoms with Crippen LogP contribution in [0.25, 0.3) is 11.0 Å². The summed E-state index contributed by atoms with van der Waals surface area (Å²) in [7, 11) is 1.72. The van der Waals surface area contributed by atoms with E-state index in [1.54, 1.807) is 7.11 Å². The summed E-state index contributed by atoms with van der Waals surface area (Å²) in [4.78, 5) is 12.7. The summed E-state index contributed by atoms with van der Waals surface area (Å²) in [6, 6.07) is 6.44. The van der Waals surface area contributed by atoms with Gasteiger partial charge in [-0.1, -0.05) is 19.9 Å². The van der Waals surface area contributed by atoms with E-state index in [1.165, 1.54) is 5.56 Å². The number of aryl methyl sites for hydroxylation is 1. The van der Waals surface area contributed by atoms with Crippen molar-refractivity contribution < 1.29 is 4.74 Å². The number of H-pyrrole nitrogens is 1. The lowest BCUT2D eigenvalue weighted by Gasteiger charge is -2.20. The van der Waals surface area contributed by atoms with E-state index in [-0.39, 0.29) is 6.04 Å². The third-order valence-corrected chi connectivity index (χ3v) is 4.44. The van der Waals surface area contributed by atoms with Crippen LogP contribution in [0, 0.1) is 12.8 Å². The molecular weight excluding hydrogens is 314 g/mol. The van der Waals surface area contributed by atoms with Crippen LogP contribution in [-0.2, 0) is 17.8 Å². The van der Waals surface area contributed by atoms with E-state index in [2.05, 4.69) is 58.8 Å². The minimum Gasteiger partial charge on any atom is -0.383 e. The molecule has 0 radical (unpaired) electrons. The summed E-state index contributed by atoms with van der Waals surface area (Å²) < 4.78 is 7.28. The third kappa shape index (κ3) is 4.08. The highest BCUT2D eigenvalue weighted by Crippen LogP contribution is 2.23. The van der Waals surface area contributed by atoms with E-state index in [4.69, 9.17) is 9.72 Å². The zero-order chi connectivity index (χ0) is 17.8. The van der Waals surface area contributed by atoms with Crippen molar-refractivity contribution in [1.82, 2.24) is 24.8 Å². The number of nitrogens with zero attached hydrogens (tertiary/aromatic N) is 3. The van der Waals surface area contributed by atoms with Gasteiger partial charge in [-0.05, 0) is 30.5 Å². The van der Waals surface area contributed by atoms with Crippen molar-refractivity contribution in [3.8, 4) is 0 Å². The van der Waals surface area contributed by atoms with E-state index in [9.17, 15) is 0 Å². The number of ether oxygens (including phenoxy) is 1. The Kier molecular flexibility index (Phi) is 5.50. The molecule has 0 bridgehead atoms. The van der Waals surface area contributed by atoms with Gasteiger partial charge in [-0.25, -0.2) is 9.97 Å². The van der Waals surface area contributed by atoms with Gasteiger partial charge in [0.1, 0.15) is 11.6 Å². The lowest BCUT2D eigenvalue weighted by atomic mass is 10.0. The van der Waals surface area contributed by atoms with Crippen molar-refractivity contribution in [3.05, 3.63) is 47.8 Å². The van der Waals surface area contributed by atoms with Crippen molar-refractivity contribution in [2.24, 2.45) is 5.92 Å². The first-order valence-electron chi connectivity index (χ1n) is 8.77. The molecule has 2 heterocycles. The molecule has 2 N–H and O–H groups in total. The predicted octanol–water partition coefficient (Wildman–Crippen LogP) is 3.20. The highest BCUT2D eigenvalue weighted by atomic mass is 16.5. The van der Waals surface area contributed by atoms with Crippen molar-refractivity contribution in [1.29, 1.82) is 0 Å². The lowest BCUT2D eigenvalue weighted by Crippen LogP contribution is -2.28. The molecule has 0 aliphatic rings. The number of benzene rings is 1. The Balaban J connectivity index is 1.76. The van der Waals surface area contributed by atoms with E-state index in [0.29, 0.717) is 19.1 Å². The van der Waals surface area contributed by atoms with E-state index in [0.717, 1.165) is 29.2 Å². The Bertz CT molecular complexity index is 820. The van der Waals surface area contributed by atoms with Gasteiger partial charge in [-0.15, -0.1) is 0 Å². The minimum absolute atomic E-state index is 0.139. The molecule has 0 aliphatic carbocycles. The van der Waals surface area contributed by atoms with Crippen LogP contribution < -0.4 is 5.32 Å². The fraction of sp³-hybridized carbons (Fsp3) is 0.474. The summed E-state index contributed by atoms with van der Waals surface area (Å²) in [5.74, 6) is 2.39. The normalized spacial score (nSPS) is 13.0. The van der Waals surface area contributed by atoms with Crippen molar-refractivity contribution in [2.75, 3.05) is 13.7 Å². The van der Waals surface area contributed by atoms with Crippen LogP contribution in [0.5, 0.6) is 0 Å². The standard InChI is InChI=1S/C19H27N5O/c1-13(2)18(19-22-15-6-5-14(3)11-16(15)23-19)21-12-17-20-7-8-24(17)9-10-25-4/h5-8,11,13,18,21H,9-10,12H2,1-4H3,(H,22,23). The number of rotatable bonds is 8. The first-order chi connectivity index (χ1) is 12.1. The van der Waals surface area contributed by atoms with Gasteiger partial charge in [-0.2, -0.15) is 0 Å². The summed E-state index contributed by atoms with van der Waals surface area (Å²) in [5, 5.41) is 3.61. The molecular formula is C19H27N5O. The second-order valence-corrected chi connectivity index (χ2v) is 6.77. The molecule has 0 spiro atoms. The van der Waals surface area contributed by atoms with Crippen LogP contribution in [0.4, 0.5) is 0 Å². The molecule has 0 amide bonds. The maximum absolute atomic E-state index is 5.16. The number of hydrogen-bond acceptors (Lipinski definition) is 4. The average molecular weight is 341 g/mol. The predicted molar refractivity (Wildman–Crippen MR) is 99.4 cm³/mol. The van der Waals surface area contributed by atoms with Gasteiger partial charge in [-0.3, -0.25) is 0 Å². The Morgan fingerprint density at radius 2 is 2.16 bits per heavy atom. The molecule has 134 valence electrons. The van der Waals surface area contributed by atoms with E-state index >= 15 is 0 Å². The molecule has 0 saturated carbocycles. The number of hydrogen-bond donors (Lipinski definition) is 2. The van der Waals surface area contributed by atoms with Crippen LogP contribution in [0.15, 0.2) is 30.6 Å². The van der Waals surface area contributed by atoms with Crippen molar-refractivity contribution in [2.45, 2.75) is 39.9 Å². The SMILES string of the molecule is COCCn1ccnc1CNC(c1nc2ccc(C)cc2[nH]1)C(C)C. The maximum atomic E-state index is 5.16. The summed E-state index contributed by atoms with van der Waals surface area (Å²) in [6.45, 7) is 8.68. The smallest absolute Gasteiger partial charge is 0.124 e. The number of aromatic nitrogens is 4. The van der Waals surface area contributed by atoms with Gasteiger partial charge >= 0.3 is 0 Å². The van der Waals surface area contributed by atoms with Gasteiger partial charge in [0.2, 0.25) is 0 Å². The Morgan fingerprint density at radius 3 is 2.92 bits per heavy atom. The number of imidazole rings is 2. The number of nitrogens with one attached hydrogen (secondary N) is 2. The lowest BCUT2D eigenvalue weighted by molar-refractivity contribution is 0.186. The number of fused-ring (bicyclic) bond motifs is 1. The molecule has 0 aliphatic heterocycles. The quantitative estimate of drug-likeness (QED) is 0.660. The molecule has 2 aromatic heterocycles. The van der Waals surface area contributed by atoms with Crippen LogP contribution in [0.3, 0.4) is 0 Å². The van der Waals surface area contributed by atoms with Crippen molar-refractivity contribution >= 4 is 11.0 Å². The zero-order valence-electron chi connectivity index (χ0n) is 15.4. The Labute approximate surface area is 148 Å².